The van der Waals surface area contributed by atoms with Gasteiger partial charge in [-0.05, 0) is 64.2 Å². The quantitative estimate of drug-likeness (QED) is 0.391. The lowest BCUT2D eigenvalue weighted by Gasteiger charge is -2.43. The Kier molecular flexibility index (Phi) is 9.30. The molecule has 0 aliphatic heterocycles. The van der Waals surface area contributed by atoms with Crippen molar-refractivity contribution in [3.8, 4) is 0 Å². The lowest BCUT2D eigenvalue weighted by atomic mass is 9.88. The summed E-state index contributed by atoms with van der Waals surface area (Å²) in [6.45, 7) is 7.10. The number of amides is 3. The third-order valence-corrected chi connectivity index (χ3v) is 6.69. The van der Waals surface area contributed by atoms with Gasteiger partial charge in [-0.1, -0.05) is 54.1 Å². The number of carbonyl (C=O) groups excluding carboxylic acids is 3. The third kappa shape index (κ3) is 6.95. The van der Waals surface area contributed by atoms with Crippen molar-refractivity contribution in [2.75, 3.05) is 11.1 Å². The Hall–Kier alpha value is -2.71. The maximum atomic E-state index is 13.9. The molecule has 9 heteroatoms. The zero-order valence-electron chi connectivity index (χ0n) is 21.1. The van der Waals surface area contributed by atoms with Gasteiger partial charge in [-0.25, -0.2) is 4.79 Å². The number of rotatable bonds is 8. The number of nitrogens with one attached hydrogen (secondary N) is 2. The van der Waals surface area contributed by atoms with Crippen molar-refractivity contribution >= 4 is 47.8 Å². The Morgan fingerprint density at radius 2 is 1.78 bits per heavy atom. The molecule has 3 rings (SSSR count). The first kappa shape index (κ1) is 27.9. The van der Waals surface area contributed by atoms with E-state index in [1.807, 2.05) is 49.4 Å². The zero-order valence-corrected chi connectivity index (χ0v) is 22.7. The predicted molar refractivity (Wildman–Crippen MR) is 145 cm³/mol. The fraction of sp³-hybridized carbons (Fsp3) is 0.444. The number of hydrogen-bond acceptors (Lipinski definition) is 5. The number of thiol groups is 1. The van der Waals surface area contributed by atoms with Crippen LogP contribution in [0, 0.1) is 6.92 Å². The lowest BCUT2D eigenvalue weighted by Crippen LogP contribution is -2.57. The van der Waals surface area contributed by atoms with E-state index in [9.17, 15) is 14.4 Å². The number of nitrogens with zero attached hydrogens (tertiary/aromatic N) is 1. The summed E-state index contributed by atoms with van der Waals surface area (Å²) in [6.07, 6.45) is 1.76. The highest BCUT2D eigenvalue weighted by molar-refractivity contribution is 7.80. The van der Waals surface area contributed by atoms with Crippen molar-refractivity contribution in [2.24, 2.45) is 0 Å². The minimum absolute atomic E-state index is 0.0496. The number of benzene rings is 2. The van der Waals surface area contributed by atoms with E-state index < -0.39 is 23.8 Å². The Morgan fingerprint density at radius 1 is 1.11 bits per heavy atom. The van der Waals surface area contributed by atoms with Gasteiger partial charge in [0.05, 0.1) is 10.7 Å². The minimum atomic E-state index is -0.968. The van der Waals surface area contributed by atoms with Crippen LogP contribution in [0.5, 0.6) is 0 Å². The molecular formula is C27H34ClN3O4S. The molecule has 2 atom stereocenters. The van der Waals surface area contributed by atoms with E-state index in [1.54, 1.807) is 31.7 Å². The van der Waals surface area contributed by atoms with Gasteiger partial charge < -0.3 is 20.3 Å². The van der Waals surface area contributed by atoms with Gasteiger partial charge in [-0.15, -0.1) is 0 Å². The van der Waals surface area contributed by atoms with Gasteiger partial charge in [0.2, 0.25) is 5.91 Å². The standard InChI is InChI=1S/C27H34ClN3O4S/c1-17-10-8-15-20(28)22(17)30-24(32)23(18-11-6-5-7-12-18)31(19-13-9-14-19)25(33)21(16-36)29-26(34)35-27(2,3)4/h5-8,10-12,15,19,21,23,36H,9,13-14,16H2,1-4H3,(H,29,34)(H,30,32). The number of alkyl carbamates (subject to hydrolysis) is 1. The molecule has 2 aromatic carbocycles. The molecule has 0 spiro atoms. The van der Waals surface area contributed by atoms with Crippen molar-refractivity contribution in [2.45, 2.75) is 70.7 Å². The molecule has 1 aliphatic carbocycles. The number of halogens is 1. The zero-order chi connectivity index (χ0) is 26.5. The first-order chi connectivity index (χ1) is 17.0. The van der Waals surface area contributed by atoms with Gasteiger partial charge in [0, 0.05) is 11.8 Å². The van der Waals surface area contributed by atoms with Crippen LogP contribution in [-0.4, -0.2) is 46.2 Å². The molecule has 1 aliphatic rings. The number of para-hydroxylation sites is 1. The Labute approximate surface area is 223 Å². The molecule has 0 radical (unpaired) electrons. The van der Waals surface area contributed by atoms with Crippen molar-refractivity contribution in [3.63, 3.8) is 0 Å². The molecule has 0 heterocycles. The molecule has 1 saturated carbocycles. The molecule has 2 N–H and O–H groups in total. The fourth-order valence-electron chi connectivity index (χ4n) is 4.05. The van der Waals surface area contributed by atoms with E-state index in [0.717, 1.165) is 24.8 Å². The molecule has 1 fully saturated rings. The van der Waals surface area contributed by atoms with E-state index >= 15 is 0 Å². The highest BCUT2D eigenvalue weighted by atomic mass is 35.5. The topological polar surface area (TPSA) is 87.7 Å². The van der Waals surface area contributed by atoms with Crippen LogP contribution < -0.4 is 10.6 Å². The van der Waals surface area contributed by atoms with Gasteiger partial charge in [-0.3, -0.25) is 9.59 Å². The second-order valence-electron chi connectivity index (χ2n) is 9.95. The predicted octanol–water partition coefficient (Wildman–Crippen LogP) is 5.53. The molecule has 0 bridgehead atoms. The summed E-state index contributed by atoms with van der Waals surface area (Å²) in [5, 5.41) is 6.00. The lowest BCUT2D eigenvalue weighted by molar-refractivity contribution is -0.145. The van der Waals surface area contributed by atoms with E-state index in [4.69, 9.17) is 16.3 Å². The van der Waals surface area contributed by atoms with Crippen LogP contribution in [0.15, 0.2) is 48.5 Å². The fourth-order valence-corrected chi connectivity index (χ4v) is 4.57. The first-order valence-corrected chi connectivity index (χ1v) is 13.1. The monoisotopic (exact) mass is 531 g/mol. The van der Waals surface area contributed by atoms with Crippen LogP contribution in [0.1, 0.15) is 57.2 Å². The summed E-state index contributed by atoms with van der Waals surface area (Å²) >= 11 is 10.7. The Balaban J connectivity index is 1.97. The molecular weight excluding hydrogens is 498 g/mol. The average molecular weight is 532 g/mol. The first-order valence-electron chi connectivity index (χ1n) is 12.0. The maximum Gasteiger partial charge on any atom is 0.408 e. The largest absolute Gasteiger partial charge is 0.444 e. The SMILES string of the molecule is Cc1cccc(Cl)c1NC(=O)C(c1ccccc1)N(C(=O)C(CS)NC(=O)OC(C)(C)C)C1CCC1. The summed E-state index contributed by atoms with van der Waals surface area (Å²) in [5.41, 5.74) is 1.25. The summed E-state index contributed by atoms with van der Waals surface area (Å²) in [7, 11) is 0. The Bertz CT molecular complexity index is 1070. The average Bonchev–Trinajstić information content (AvgIpc) is 2.77. The van der Waals surface area contributed by atoms with Crippen LogP contribution in [0.2, 0.25) is 5.02 Å². The van der Waals surface area contributed by atoms with Crippen molar-refractivity contribution in [1.82, 2.24) is 10.2 Å². The van der Waals surface area contributed by atoms with Crippen molar-refractivity contribution < 1.29 is 19.1 Å². The summed E-state index contributed by atoms with van der Waals surface area (Å²) in [5.74, 6) is -0.720. The summed E-state index contributed by atoms with van der Waals surface area (Å²) < 4.78 is 5.35. The van der Waals surface area contributed by atoms with Crippen LogP contribution >= 0.6 is 24.2 Å². The van der Waals surface area contributed by atoms with Gasteiger partial charge >= 0.3 is 6.09 Å². The van der Waals surface area contributed by atoms with Gasteiger partial charge in [-0.2, -0.15) is 12.6 Å². The molecule has 2 aromatic rings. The van der Waals surface area contributed by atoms with E-state index in [1.165, 1.54) is 0 Å². The third-order valence-electron chi connectivity index (χ3n) is 6.01. The molecule has 0 aromatic heterocycles. The highest BCUT2D eigenvalue weighted by Gasteiger charge is 2.41. The van der Waals surface area contributed by atoms with Crippen LogP contribution in [0.4, 0.5) is 10.5 Å². The smallest absolute Gasteiger partial charge is 0.408 e. The van der Waals surface area contributed by atoms with Crippen molar-refractivity contribution in [1.29, 1.82) is 0 Å². The van der Waals surface area contributed by atoms with Crippen molar-refractivity contribution in [3.05, 3.63) is 64.7 Å². The van der Waals surface area contributed by atoms with Gasteiger partial charge in [0.15, 0.2) is 0 Å². The van der Waals surface area contributed by atoms with E-state index in [0.29, 0.717) is 16.3 Å². The molecule has 2 unspecified atom stereocenters. The molecule has 194 valence electrons. The van der Waals surface area contributed by atoms with Gasteiger partial charge in [0.25, 0.3) is 5.91 Å². The Morgan fingerprint density at radius 3 is 2.31 bits per heavy atom. The molecule has 7 nitrogen and oxygen atoms in total. The number of carbonyl (C=O) groups is 3. The van der Waals surface area contributed by atoms with Crippen LogP contribution in [0.25, 0.3) is 0 Å². The number of aryl methyl sites for hydroxylation is 1. The van der Waals surface area contributed by atoms with Crippen LogP contribution in [0.3, 0.4) is 0 Å². The number of ether oxygens (including phenoxy) is 1. The maximum absolute atomic E-state index is 13.9. The molecule has 36 heavy (non-hydrogen) atoms. The summed E-state index contributed by atoms with van der Waals surface area (Å²) in [4.78, 5) is 41.8. The minimum Gasteiger partial charge on any atom is -0.444 e. The van der Waals surface area contributed by atoms with E-state index in [2.05, 4.69) is 23.3 Å². The van der Waals surface area contributed by atoms with Crippen LogP contribution in [-0.2, 0) is 14.3 Å². The second kappa shape index (κ2) is 12.0. The van der Waals surface area contributed by atoms with Gasteiger partial charge in [0.1, 0.15) is 17.7 Å². The normalized spacial score (nSPS) is 15.3. The molecule has 3 amide bonds. The number of anilines is 1. The molecule has 0 saturated heterocycles. The highest BCUT2D eigenvalue weighted by Crippen LogP contribution is 2.35. The second-order valence-corrected chi connectivity index (χ2v) is 10.7. The summed E-state index contributed by atoms with van der Waals surface area (Å²) in [6, 6.07) is 12.5. The van der Waals surface area contributed by atoms with E-state index in [-0.39, 0.29) is 23.6 Å². The number of hydrogen-bond donors (Lipinski definition) is 3.